The van der Waals surface area contributed by atoms with Crippen molar-refractivity contribution in [3.05, 3.63) is 5.21 Å². The van der Waals surface area contributed by atoms with E-state index in [0.29, 0.717) is 0 Å². The third-order valence-electron chi connectivity index (χ3n) is 1.04. The van der Waals surface area contributed by atoms with Crippen LogP contribution in [0, 0.1) is 5.21 Å². The Morgan fingerprint density at radius 1 is 1.45 bits per heavy atom. The molecule has 1 N–H and O–H groups in total. The Kier molecular flexibility index (Phi) is 1.69. The number of quaternary nitrogens is 1. The number of nitrogens with zero attached hydrogens (tertiary/aromatic N) is 2. The van der Waals surface area contributed by atoms with Crippen molar-refractivity contribution in [3.63, 3.8) is 0 Å². The second-order valence-corrected chi connectivity index (χ2v) is 1.94. The molecule has 1 aliphatic heterocycles. The maximum atomic E-state index is 11.7. The lowest BCUT2D eigenvalue weighted by molar-refractivity contribution is -0.752. The number of aliphatic imine (C=N–C) groups is 1. The molecule has 0 spiro atoms. The molecule has 0 aliphatic carbocycles. The van der Waals surface area contributed by atoms with Crippen molar-refractivity contribution in [3.8, 4) is 0 Å². The summed E-state index contributed by atoms with van der Waals surface area (Å²) >= 11 is 0. The molecule has 0 aromatic heterocycles. The minimum Gasteiger partial charge on any atom is -0.600 e. The number of hydroxylamine groups is 1. The second kappa shape index (κ2) is 2.28. The van der Waals surface area contributed by atoms with E-state index in [-0.39, 0.29) is 5.84 Å². The SMILES string of the molecule is CC1=NC(C(F)(F)F)=N[NH+]1[O-]. The molecular weight excluding hydrogens is 163 g/mol. The van der Waals surface area contributed by atoms with Gasteiger partial charge >= 0.3 is 6.18 Å². The Bertz CT molecular complexity index is 231. The Morgan fingerprint density at radius 3 is 2.18 bits per heavy atom. The predicted octanol–water partition coefficient (Wildman–Crippen LogP) is -0.323. The Morgan fingerprint density at radius 2 is 2.00 bits per heavy atom. The van der Waals surface area contributed by atoms with Gasteiger partial charge in [0.2, 0.25) is 5.84 Å². The number of amidine groups is 2. The van der Waals surface area contributed by atoms with Crippen molar-refractivity contribution in [2.75, 3.05) is 0 Å². The topological polar surface area (TPSA) is 52.2 Å². The maximum Gasteiger partial charge on any atom is 0.457 e. The van der Waals surface area contributed by atoms with Crippen LogP contribution < -0.4 is 5.17 Å². The van der Waals surface area contributed by atoms with Gasteiger partial charge in [0.25, 0.3) is 5.84 Å². The first-order valence-corrected chi connectivity index (χ1v) is 2.67. The number of hydrogen-bond donors (Lipinski definition) is 1. The van der Waals surface area contributed by atoms with Crippen molar-refractivity contribution in [1.82, 2.24) is 0 Å². The second-order valence-electron chi connectivity index (χ2n) is 1.94. The molecule has 0 bridgehead atoms. The van der Waals surface area contributed by atoms with Gasteiger partial charge in [-0.2, -0.15) is 23.3 Å². The minimum atomic E-state index is -4.62. The maximum absolute atomic E-state index is 11.7. The fourth-order valence-corrected chi connectivity index (χ4v) is 0.536. The summed E-state index contributed by atoms with van der Waals surface area (Å²) in [5, 5.41) is 12.2. The van der Waals surface area contributed by atoms with E-state index in [1.807, 2.05) is 0 Å². The molecule has 0 fully saturated rings. The third-order valence-corrected chi connectivity index (χ3v) is 1.04. The zero-order chi connectivity index (χ0) is 8.65. The van der Waals surface area contributed by atoms with E-state index in [2.05, 4.69) is 10.1 Å². The molecule has 0 saturated heterocycles. The molecule has 0 aromatic rings. The van der Waals surface area contributed by atoms with Gasteiger partial charge in [-0.1, -0.05) is 5.10 Å². The molecule has 7 heteroatoms. The summed E-state index contributed by atoms with van der Waals surface area (Å²) in [6.45, 7) is 1.19. The van der Waals surface area contributed by atoms with Gasteiger partial charge < -0.3 is 5.21 Å². The van der Waals surface area contributed by atoms with Crippen molar-refractivity contribution in [2.45, 2.75) is 13.1 Å². The van der Waals surface area contributed by atoms with Crippen LogP contribution in [0.4, 0.5) is 13.2 Å². The van der Waals surface area contributed by atoms with Gasteiger partial charge in [-0.3, -0.25) is 0 Å². The van der Waals surface area contributed by atoms with Crippen LogP contribution in [0.2, 0.25) is 0 Å². The standard InChI is InChI=1S/C4H4F3N3O/c1-2-8-3(4(5,6)7)9-10(2)11/h10H,1H3. The molecular formula is C4H4F3N3O. The lowest BCUT2D eigenvalue weighted by Gasteiger charge is -2.06. The average molecular weight is 167 g/mol. The lowest BCUT2D eigenvalue weighted by Crippen LogP contribution is -3.03. The van der Waals surface area contributed by atoms with Gasteiger partial charge in [-0.15, -0.1) is 0 Å². The van der Waals surface area contributed by atoms with Crippen LogP contribution in [0.15, 0.2) is 10.1 Å². The van der Waals surface area contributed by atoms with E-state index >= 15 is 0 Å². The highest BCUT2D eigenvalue weighted by atomic mass is 19.4. The monoisotopic (exact) mass is 167 g/mol. The predicted molar refractivity (Wildman–Crippen MR) is 30.9 cm³/mol. The molecule has 0 radical (unpaired) electrons. The Labute approximate surface area is 59.6 Å². The van der Waals surface area contributed by atoms with E-state index < -0.39 is 17.2 Å². The highest BCUT2D eigenvalue weighted by Crippen LogP contribution is 2.18. The molecule has 1 rings (SSSR count). The fraction of sp³-hybridized carbons (Fsp3) is 0.500. The van der Waals surface area contributed by atoms with Crippen LogP contribution in [0.5, 0.6) is 0 Å². The number of rotatable bonds is 0. The normalized spacial score (nSPS) is 25.0. The van der Waals surface area contributed by atoms with Crippen molar-refractivity contribution < 1.29 is 18.3 Å². The summed E-state index contributed by atoms with van der Waals surface area (Å²) in [6.07, 6.45) is -4.62. The molecule has 1 heterocycles. The molecule has 1 atom stereocenters. The fourth-order valence-electron chi connectivity index (χ4n) is 0.536. The molecule has 62 valence electrons. The summed E-state index contributed by atoms with van der Waals surface area (Å²) in [5.74, 6) is -1.59. The van der Waals surface area contributed by atoms with Crippen molar-refractivity contribution >= 4 is 11.7 Å². The van der Waals surface area contributed by atoms with E-state index in [1.165, 1.54) is 6.92 Å². The van der Waals surface area contributed by atoms with E-state index in [4.69, 9.17) is 0 Å². The summed E-state index contributed by atoms with van der Waals surface area (Å²) < 4.78 is 35.2. The Balaban J connectivity index is 2.87. The van der Waals surface area contributed by atoms with Gasteiger partial charge in [0.1, 0.15) is 0 Å². The first-order valence-electron chi connectivity index (χ1n) is 2.67. The zero-order valence-corrected chi connectivity index (χ0v) is 5.44. The Hall–Kier alpha value is -0.950. The van der Waals surface area contributed by atoms with Gasteiger partial charge in [0.15, 0.2) is 0 Å². The smallest absolute Gasteiger partial charge is 0.457 e. The van der Waals surface area contributed by atoms with E-state index in [1.54, 1.807) is 0 Å². The van der Waals surface area contributed by atoms with E-state index in [0.717, 1.165) is 0 Å². The van der Waals surface area contributed by atoms with Crippen molar-refractivity contribution in [2.24, 2.45) is 10.1 Å². The summed E-state index contributed by atoms with van der Waals surface area (Å²) in [6, 6.07) is 0. The van der Waals surface area contributed by atoms with E-state index in [9.17, 15) is 18.4 Å². The molecule has 11 heavy (non-hydrogen) atoms. The number of nitrogens with one attached hydrogen (secondary N) is 1. The molecule has 0 aromatic carbocycles. The molecule has 4 nitrogen and oxygen atoms in total. The van der Waals surface area contributed by atoms with Crippen LogP contribution in [-0.2, 0) is 0 Å². The van der Waals surface area contributed by atoms with Crippen LogP contribution in [0.25, 0.3) is 0 Å². The van der Waals surface area contributed by atoms with Gasteiger partial charge in [-0.05, 0) is 0 Å². The summed E-state index contributed by atoms with van der Waals surface area (Å²) in [4.78, 5) is 2.93. The average Bonchev–Trinajstić information content (AvgIpc) is 2.11. The highest BCUT2D eigenvalue weighted by molar-refractivity contribution is 5.98. The van der Waals surface area contributed by atoms with Crippen LogP contribution in [0.3, 0.4) is 0 Å². The minimum absolute atomic E-state index is 0.225. The van der Waals surface area contributed by atoms with Gasteiger partial charge in [0.05, 0.1) is 0 Å². The van der Waals surface area contributed by atoms with Crippen LogP contribution in [0.1, 0.15) is 6.92 Å². The number of halogens is 3. The zero-order valence-electron chi connectivity index (χ0n) is 5.44. The van der Waals surface area contributed by atoms with Gasteiger partial charge in [0, 0.05) is 6.92 Å². The third kappa shape index (κ3) is 1.55. The first kappa shape index (κ1) is 8.15. The number of alkyl halides is 3. The molecule has 1 aliphatic rings. The largest absolute Gasteiger partial charge is 0.600 e. The molecule has 1 unspecified atom stereocenters. The quantitative estimate of drug-likeness (QED) is 0.494. The van der Waals surface area contributed by atoms with Gasteiger partial charge in [-0.25, -0.2) is 0 Å². The summed E-state index contributed by atoms with van der Waals surface area (Å²) in [5.41, 5.74) is 0. The molecule has 0 saturated carbocycles. The summed E-state index contributed by atoms with van der Waals surface area (Å²) in [7, 11) is 0. The van der Waals surface area contributed by atoms with Crippen LogP contribution in [-0.4, -0.2) is 17.8 Å². The first-order chi connectivity index (χ1) is 4.91. The highest BCUT2D eigenvalue weighted by Gasteiger charge is 2.41. The molecule has 0 amide bonds. The van der Waals surface area contributed by atoms with Crippen LogP contribution >= 0.6 is 0 Å². The lowest BCUT2D eigenvalue weighted by atomic mass is 10.6. The van der Waals surface area contributed by atoms with Crippen molar-refractivity contribution in [1.29, 1.82) is 0 Å². The number of hydrogen-bond acceptors (Lipinski definition) is 3.